The molecule has 0 spiro atoms. The Morgan fingerprint density at radius 2 is 2.25 bits per heavy atom. The van der Waals surface area contributed by atoms with E-state index in [0.717, 1.165) is 11.4 Å². The van der Waals surface area contributed by atoms with Crippen molar-refractivity contribution in [2.45, 2.75) is 18.8 Å². The van der Waals surface area contributed by atoms with Crippen LogP contribution in [-0.2, 0) is 0 Å². The van der Waals surface area contributed by atoms with E-state index in [4.69, 9.17) is 4.84 Å². The topological polar surface area (TPSA) is 14.2 Å². The van der Waals surface area contributed by atoms with E-state index in [1.807, 2.05) is 10.9 Å². The molecular weight excluding hydrogens is 198 g/mol. The van der Waals surface area contributed by atoms with Crippen molar-refractivity contribution < 1.29 is 4.84 Å². The summed E-state index contributed by atoms with van der Waals surface area (Å²) in [6.45, 7) is 4.20. The summed E-state index contributed by atoms with van der Waals surface area (Å²) in [6, 6.07) is 8.74. The smallest absolute Gasteiger partial charge is 0.133 e. The number of rotatable bonds is 4. The minimum Gasteiger partial charge on any atom is -0.410 e. The van der Waals surface area contributed by atoms with Gasteiger partial charge in [0, 0.05) is 11.6 Å². The second kappa shape index (κ2) is 3.71. The number of aromatic nitrogens is 1. The molecule has 0 unspecified atom stereocenters. The largest absolute Gasteiger partial charge is 0.410 e. The van der Waals surface area contributed by atoms with Gasteiger partial charge in [-0.1, -0.05) is 24.8 Å². The van der Waals surface area contributed by atoms with E-state index in [0.29, 0.717) is 6.61 Å². The Balaban J connectivity index is 2.00. The minimum atomic E-state index is 0.539. The summed E-state index contributed by atoms with van der Waals surface area (Å²) < 4.78 is 1.84. The molecule has 1 aromatic heterocycles. The Morgan fingerprint density at radius 1 is 1.38 bits per heavy atom. The molecule has 1 fully saturated rings. The summed E-state index contributed by atoms with van der Waals surface area (Å²) in [4.78, 5) is 5.56. The molecule has 2 nitrogen and oxygen atoms in total. The Kier molecular flexibility index (Phi) is 2.21. The monoisotopic (exact) mass is 213 g/mol. The minimum absolute atomic E-state index is 0.539. The van der Waals surface area contributed by atoms with Gasteiger partial charge in [-0.2, -0.15) is 4.73 Å². The van der Waals surface area contributed by atoms with Gasteiger partial charge in [-0.15, -0.1) is 0 Å². The molecule has 2 aromatic rings. The predicted octanol–water partition coefficient (Wildman–Crippen LogP) is 3.13. The predicted molar refractivity (Wildman–Crippen MR) is 65.6 cm³/mol. The second-order valence-corrected chi connectivity index (χ2v) is 4.32. The van der Waals surface area contributed by atoms with Gasteiger partial charge in [0.2, 0.25) is 0 Å². The standard InChI is InChI=1S/C14H15NO/c1-2-9-16-15-8-7-12-5-6-13(10-14(12)15)11-3-4-11/h2,5-8,10-11H,1,3-4,9H2. The van der Waals surface area contributed by atoms with Gasteiger partial charge in [-0.3, -0.25) is 0 Å². The molecule has 16 heavy (non-hydrogen) atoms. The summed E-state index contributed by atoms with van der Waals surface area (Å²) in [5.74, 6) is 0.784. The molecule has 0 atom stereocenters. The average Bonchev–Trinajstić information content (AvgIpc) is 3.08. The van der Waals surface area contributed by atoms with Gasteiger partial charge >= 0.3 is 0 Å². The fourth-order valence-electron chi connectivity index (χ4n) is 2.04. The van der Waals surface area contributed by atoms with Gasteiger partial charge < -0.3 is 4.84 Å². The lowest BCUT2D eigenvalue weighted by atomic mass is 10.1. The molecule has 0 saturated heterocycles. The molecule has 1 aliphatic carbocycles. The highest BCUT2D eigenvalue weighted by Gasteiger charge is 2.23. The van der Waals surface area contributed by atoms with Crippen molar-refractivity contribution in [1.82, 2.24) is 4.73 Å². The van der Waals surface area contributed by atoms with Crippen LogP contribution < -0.4 is 4.84 Å². The van der Waals surface area contributed by atoms with Crippen LogP contribution in [0.5, 0.6) is 0 Å². The van der Waals surface area contributed by atoms with Crippen molar-refractivity contribution in [2.75, 3.05) is 6.61 Å². The Labute approximate surface area is 95.1 Å². The number of benzene rings is 1. The van der Waals surface area contributed by atoms with Crippen molar-refractivity contribution in [3.63, 3.8) is 0 Å². The fraction of sp³-hybridized carbons (Fsp3) is 0.286. The molecule has 1 aromatic carbocycles. The molecule has 0 aliphatic heterocycles. The van der Waals surface area contributed by atoms with E-state index < -0.39 is 0 Å². The Morgan fingerprint density at radius 3 is 3.00 bits per heavy atom. The van der Waals surface area contributed by atoms with Crippen molar-refractivity contribution in [3.8, 4) is 0 Å². The highest BCUT2D eigenvalue weighted by atomic mass is 16.7. The summed E-state index contributed by atoms with van der Waals surface area (Å²) in [5, 5.41) is 1.23. The molecule has 1 saturated carbocycles. The Bertz CT molecular complexity index is 523. The lowest BCUT2D eigenvalue weighted by Gasteiger charge is -2.06. The normalized spacial score (nSPS) is 15.2. The molecule has 1 heterocycles. The van der Waals surface area contributed by atoms with Gasteiger partial charge in [0.25, 0.3) is 0 Å². The van der Waals surface area contributed by atoms with E-state index in [9.17, 15) is 0 Å². The van der Waals surface area contributed by atoms with Crippen LogP contribution in [0.3, 0.4) is 0 Å². The van der Waals surface area contributed by atoms with E-state index >= 15 is 0 Å². The van der Waals surface area contributed by atoms with Crippen LogP contribution in [0.2, 0.25) is 0 Å². The third-order valence-electron chi connectivity index (χ3n) is 3.06. The van der Waals surface area contributed by atoms with Crippen molar-refractivity contribution in [2.24, 2.45) is 0 Å². The molecule has 2 heteroatoms. The average molecular weight is 213 g/mol. The highest BCUT2D eigenvalue weighted by molar-refractivity contribution is 5.80. The van der Waals surface area contributed by atoms with Gasteiger partial charge in [0.05, 0.1) is 5.52 Å². The molecule has 0 amide bonds. The number of nitrogens with zero attached hydrogens (tertiary/aromatic N) is 1. The first-order valence-corrected chi connectivity index (χ1v) is 5.73. The third-order valence-corrected chi connectivity index (χ3v) is 3.06. The van der Waals surface area contributed by atoms with E-state index in [2.05, 4.69) is 30.8 Å². The highest BCUT2D eigenvalue weighted by Crippen LogP contribution is 2.40. The fourth-order valence-corrected chi connectivity index (χ4v) is 2.04. The molecule has 82 valence electrons. The van der Waals surface area contributed by atoms with Crippen molar-refractivity contribution in [1.29, 1.82) is 0 Å². The maximum Gasteiger partial charge on any atom is 0.133 e. The summed E-state index contributed by atoms with van der Waals surface area (Å²) in [7, 11) is 0. The molecule has 1 aliphatic rings. The van der Waals surface area contributed by atoms with Crippen LogP contribution in [0.4, 0.5) is 0 Å². The maximum absolute atomic E-state index is 5.56. The van der Waals surface area contributed by atoms with Gasteiger partial charge in [-0.25, -0.2) is 0 Å². The zero-order chi connectivity index (χ0) is 11.0. The van der Waals surface area contributed by atoms with Gasteiger partial charge in [0.15, 0.2) is 0 Å². The SMILES string of the molecule is C=CCOn1ccc2ccc(C3CC3)cc21. The van der Waals surface area contributed by atoms with Crippen molar-refractivity contribution >= 4 is 10.9 Å². The van der Waals surface area contributed by atoms with Crippen LogP contribution >= 0.6 is 0 Å². The zero-order valence-electron chi connectivity index (χ0n) is 9.23. The summed E-state index contributed by atoms with van der Waals surface area (Å²) in [6.07, 6.45) is 6.39. The number of fused-ring (bicyclic) bond motifs is 1. The summed E-state index contributed by atoms with van der Waals surface area (Å²) >= 11 is 0. The first-order chi connectivity index (χ1) is 7.88. The van der Waals surface area contributed by atoms with E-state index in [1.165, 1.54) is 23.8 Å². The third kappa shape index (κ3) is 1.60. The van der Waals surface area contributed by atoms with E-state index in [-0.39, 0.29) is 0 Å². The van der Waals surface area contributed by atoms with Crippen LogP contribution in [0.15, 0.2) is 43.1 Å². The second-order valence-electron chi connectivity index (χ2n) is 4.32. The first kappa shape index (κ1) is 9.52. The zero-order valence-corrected chi connectivity index (χ0v) is 9.23. The Hall–Kier alpha value is -1.70. The van der Waals surface area contributed by atoms with Crippen LogP contribution in [0, 0.1) is 0 Å². The summed E-state index contributed by atoms with van der Waals surface area (Å²) in [5.41, 5.74) is 2.60. The lowest BCUT2D eigenvalue weighted by Crippen LogP contribution is -2.09. The maximum atomic E-state index is 5.56. The van der Waals surface area contributed by atoms with E-state index in [1.54, 1.807) is 6.08 Å². The van der Waals surface area contributed by atoms with Gasteiger partial charge in [0.1, 0.15) is 6.61 Å². The molecular formula is C14H15NO. The first-order valence-electron chi connectivity index (χ1n) is 5.73. The van der Waals surface area contributed by atoms with Crippen molar-refractivity contribution in [3.05, 3.63) is 48.7 Å². The molecule has 0 bridgehead atoms. The lowest BCUT2D eigenvalue weighted by molar-refractivity contribution is 0.146. The molecule has 0 N–H and O–H groups in total. The number of hydrogen-bond donors (Lipinski definition) is 0. The molecule has 0 radical (unpaired) electrons. The van der Waals surface area contributed by atoms with Crippen LogP contribution in [0.1, 0.15) is 24.3 Å². The van der Waals surface area contributed by atoms with Gasteiger partial charge in [-0.05, 0) is 36.5 Å². The number of hydrogen-bond acceptors (Lipinski definition) is 1. The van der Waals surface area contributed by atoms with Crippen LogP contribution in [-0.4, -0.2) is 11.3 Å². The quantitative estimate of drug-likeness (QED) is 0.712. The molecule has 3 rings (SSSR count). The van der Waals surface area contributed by atoms with Crippen LogP contribution in [0.25, 0.3) is 10.9 Å².